The molecule has 1 aromatic carbocycles. The van der Waals surface area contributed by atoms with Gasteiger partial charge in [-0.1, -0.05) is 0 Å². The number of ether oxygens (including phenoxy) is 1. The van der Waals surface area contributed by atoms with Crippen LogP contribution in [0.5, 0.6) is 5.75 Å². The first-order valence-electron chi connectivity index (χ1n) is 8.16. The lowest BCUT2D eigenvalue weighted by atomic mass is 9.85. The average molecular weight is 394 g/mol. The van der Waals surface area contributed by atoms with E-state index in [4.69, 9.17) is 4.74 Å². The lowest BCUT2D eigenvalue weighted by molar-refractivity contribution is -0.385. The maximum atomic E-state index is 11.1. The number of phenols is 1. The van der Waals surface area contributed by atoms with Crippen molar-refractivity contribution in [3.8, 4) is 5.75 Å². The van der Waals surface area contributed by atoms with Crippen molar-refractivity contribution < 1.29 is 14.8 Å². The zero-order chi connectivity index (χ0) is 16.2. The summed E-state index contributed by atoms with van der Waals surface area (Å²) in [5.74, 6) is 0.486. The molecule has 1 aromatic rings. The molecule has 7 nitrogen and oxygen atoms in total. The van der Waals surface area contributed by atoms with Gasteiger partial charge in [-0.3, -0.25) is 15.0 Å². The van der Waals surface area contributed by atoms with E-state index in [0.29, 0.717) is 24.7 Å². The van der Waals surface area contributed by atoms with Gasteiger partial charge in [-0.05, 0) is 24.8 Å². The number of nitrogens with one attached hydrogen (secondary N) is 1. The highest BCUT2D eigenvalue weighted by Gasteiger charge is 2.33. The second-order valence-electron chi connectivity index (χ2n) is 6.18. The van der Waals surface area contributed by atoms with Gasteiger partial charge in [-0.15, -0.1) is 24.8 Å². The monoisotopic (exact) mass is 393 g/mol. The zero-order valence-corrected chi connectivity index (χ0v) is 15.6. The van der Waals surface area contributed by atoms with Crippen molar-refractivity contribution in [2.45, 2.75) is 18.9 Å². The largest absolute Gasteiger partial charge is 0.508 e. The number of hydrogen-bond acceptors (Lipinski definition) is 6. The molecule has 2 aliphatic heterocycles. The van der Waals surface area contributed by atoms with Crippen LogP contribution in [0.1, 0.15) is 24.4 Å². The first-order chi connectivity index (χ1) is 11.2. The number of nitro benzene ring substituents is 1. The maximum Gasteiger partial charge on any atom is 0.270 e. The number of phenolic OH excluding ortho intramolecular Hbond substituents is 1. The summed E-state index contributed by atoms with van der Waals surface area (Å²) in [4.78, 5) is 13.1. The van der Waals surface area contributed by atoms with Crippen LogP contribution in [0.25, 0.3) is 0 Å². The van der Waals surface area contributed by atoms with Gasteiger partial charge in [0.1, 0.15) is 5.75 Å². The quantitative estimate of drug-likeness (QED) is 0.603. The maximum absolute atomic E-state index is 11.1. The van der Waals surface area contributed by atoms with Gasteiger partial charge in [0.15, 0.2) is 0 Å². The Morgan fingerprint density at radius 1 is 1.24 bits per heavy atom. The SMILES string of the molecule is Cl.Cl.O=[N+]([O-])c1ccc(O)c([C@@H](C2CCOCC2)N2CCNCC2)c1. The minimum Gasteiger partial charge on any atom is -0.508 e. The normalized spacial score (nSPS) is 20.2. The summed E-state index contributed by atoms with van der Waals surface area (Å²) < 4.78 is 5.46. The topological polar surface area (TPSA) is 87.9 Å². The predicted molar refractivity (Wildman–Crippen MR) is 100.0 cm³/mol. The Balaban J connectivity index is 0.00000156. The summed E-state index contributed by atoms with van der Waals surface area (Å²) in [5.41, 5.74) is 0.706. The molecular weight excluding hydrogens is 369 g/mol. The van der Waals surface area contributed by atoms with Crippen LogP contribution in [0.2, 0.25) is 0 Å². The van der Waals surface area contributed by atoms with E-state index in [1.54, 1.807) is 0 Å². The molecule has 0 unspecified atom stereocenters. The molecule has 0 spiro atoms. The van der Waals surface area contributed by atoms with E-state index in [1.807, 2.05) is 0 Å². The Labute approximate surface area is 159 Å². The molecule has 0 amide bonds. The van der Waals surface area contributed by atoms with Gasteiger partial charge < -0.3 is 15.2 Å². The summed E-state index contributed by atoms with van der Waals surface area (Å²) in [6, 6.07) is 4.35. The molecule has 2 saturated heterocycles. The summed E-state index contributed by atoms with van der Waals surface area (Å²) in [7, 11) is 0. The minimum atomic E-state index is -0.401. The Kier molecular flexibility index (Phi) is 8.88. The van der Waals surface area contributed by atoms with Crippen LogP contribution in [0.3, 0.4) is 0 Å². The van der Waals surface area contributed by atoms with E-state index in [0.717, 1.165) is 39.0 Å². The molecule has 0 aliphatic carbocycles. The van der Waals surface area contributed by atoms with Gasteiger partial charge in [0.25, 0.3) is 5.69 Å². The van der Waals surface area contributed by atoms with Crippen molar-refractivity contribution in [1.29, 1.82) is 0 Å². The van der Waals surface area contributed by atoms with Crippen LogP contribution < -0.4 is 5.32 Å². The van der Waals surface area contributed by atoms with Crippen LogP contribution in [0.15, 0.2) is 18.2 Å². The predicted octanol–water partition coefficient (Wildman–Crippen LogP) is 2.52. The zero-order valence-electron chi connectivity index (χ0n) is 13.9. The number of piperazine rings is 1. The highest BCUT2D eigenvalue weighted by atomic mass is 35.5. The van der Waals surface area contributed by atoms with Crippen molar-refractivity contribution in [3.05, 3.63) is 33.9 Å². The number of benzene rings is 1. The summed E-state index contributed by atoms with van der Waals surface area (Å²) in [6.45, 7) is 4.98. The van der Waals surface area contributed by atoms with E-state index in [1.165, 1.54) is 18.2 Å². The van der Waals surface area contributed by atoms with Crippen molar-refractivity contribution in [2.24, 2.45) is 5.92 Å². The summed E-state index contributed by atoms with van der Waals surface area (Å²) >= 11 is 0. The minimum absolute atomic E-state index is 0. The molecule has 1 atom stereocenters. The Hall–Kier alpha value is -1.12. The van der Waals surface area contributed by atoms with Gasteiger partial charge >= 0.3 is 0 Å². The molecule has 0 radical (unpaired) electrons. The van der Waals surface area contributed by atoms with E-state index >= 15 is 0 Å². The van der Waals surface area contributed by atoms with Gasteiger partial charge in [-0.2, -0.15) is 0 Å². The Morgan fingerprint density at radius 2 is 1.88 bits per heavy atom. The molecule has 9 heteroatoms. The molecule has 0 saturated carbocycles. The smallest absolute Gasteiger partial charge is 0.270 e. The first-order valence-corrected chi connectivity index (χ1v) is 8.16. The third-order valence-corrected chi connectivity index (χ3v) is 4.80. The molecule has 2 fully saturated rings. The number of non-ortho nitro benzene ring substituents is 1. The Bertz CT molecular complexity index is 546. The highest BCUT2D eigenvalue weighted by molar-refractivity contribution is 5.85. The van der Waals surface area contributed by atoms with Crippen LogP contribution >= 0.6 is 24.8 Å². The molecule has 25 heavy (non-hydrogen) atoms. The van der Waals surface area contributed by atoms with E-state index in [9.17, 15) is 15.2 Å². The average Bonchev–Trinajstić information content (AvgIpc) is 2.58. The second kappa shape index (κ2) is 10.1. The van der Waals surface area contributed by atoms with Gasteiger partial charge in [0.2, 0.25) is 0 Å². The molecule has 0 aromatic heterocycles. The van der Waals surface area contributed by atoms with Crippen LogP contribution in [-0.2, 0) is 4.74 Å². The molecule has 2 heterocycles. The third kappa shape index (κ3) is 5.18. The second-order valence-corrected chi connectivity index (χ2v) is 6.18. The van der Waals surface area contributed by atoms with Crippen molar-refractivity contribution in [1.82, 2.24) is 10.2 Å². The van der Waals surface area contributed by atoms with Crippen molar-refractivity contribution >= 4 is 30.5 Å². The lowest BCUT2D eigenvalue weighted by Gasteiger charge is -2.41. The van der Waals surface area contributed by atoms with Crippen LogP contribution in [-0.4, -0.2) is 54.3 Å². The molecule has 3 rings (SSSR count). The number of rotatable bonds is 4. The van der Waals surface area contributed by atoms with E-state index in [-0.39, 0.29) is 42.3 Å². The standard InChI is InChI=1S/C16H23N3O4.2ClH/c20-15-2-1-13(19(21)22)11-14(15)16(12-3-9-23-10-4-12)18-7-5-17-6-8-18;;/h1-2,11-12,16-17,20H,3-10H2;2*1H/t16-;;/m1../s1. The van der Waals surface area contributed by atoms with Crippen LogP contribution in [0, 0.1) is 16.0 Å². The summed E-state index contributed by atoms with van der Waals surface area (Å²) in [5, 5.41) is 24.8. The lowest BCUT2D eigenvalue weighted by Crippen LogP contribution is -2.47. The number of nitro groups is 1. The summed E-state index contributed by atoms with van der Waals surface area (Å²) in [6.07, 6.45) is 1.83. The first kappa shape index (κ1) is 21.9. The number of aromatic hydroxyl groups is 1. The fourth-order valence-corrected chi connectivity index (χ4v) is 3.63. The fourth-order valence-electron chi connectivity index (χ4n) is 3.63. The van der Waals surface area contributed by atoms with Crippen LogP contribution in [0.4, 0.5) is 5.69 Å². The van der Waals surface area contributed by atoms with Gasteiger partial charge in [0, 0.05) is 63.1 Å². The number of halogens is 2. The third-order valence-electron chi connectivity index (χ3n) is 4.80. The van der Waals surface area contributed by atoms with Crippen molar-refractivity contribution in [3.63, 3.8) is 0 Å². The van der Waals surface area contributed by atoms with Gasteiger partial charge in [-0.25, -0.2) is 0 Å². The van der Waals surface area contributed by atoms with Crippen molar-refractivity contribution in [2.75, 3.05) is 39.4 Å². The Morgan fingerprint density at radius 3 is 2.48 bits per heavy atom. The molecule has 142 valence electrons. The number of nitrogens with zero attached hydrogens (tertiary/aromatic N) is 2. The molecular formula is C16H25Cl2N3O4. The number of hydrogen-bond donors (Lipinski definition) is 2. The fraction of sp³-hybridized carbons (Fsp3) is 0.625. The highest BCUT2D eigenvalue weighted by Crippen LogP contribution is 2.40. The van der Waals surface area contributed by atoms with E-state index < -0.39 is 4.92 Å². The van der Waals surface area contributed by atoms with Gasteiger partial charge in [0.05, 0.1) is 4.92 Å². The van der Waals surface area contributed by atoms with E-state index in [2.05, 4.69) is 10.2 Å². The molecule has 2 N–H and O–H groups in total. The molecule has 0 bridgehead atoms. The molecule has 2 aliphatic rings.